The average molecular weight is 464 g/mol. The molecule has 3 heterocycles. The maximum Gasteiger partial charge on any atom is 0.408 e. The van der Waals surface area contributed by atoms with Gasteiger partial charge < -0.3 is 20.7 Å². The van der Waals surface area contributed by atoms with Crippen LogP contribution in [0.3, 0.4) is 0 Å². The standard InChI is InChI=1S/C25H33N7O2/c1-16(2)17-13-23(32-28-15-17)31-22-10-9-20-21(29-22)12-18(14-27-20)19(8-7-11-26-6)30-24(33)34-25(3,4)5/h7,9-16,19,26H,8H2,1-6H3,(H,30,33)(H,29,31,32)/b11-7-. The summed E-state index contributed by atoms with van der Waals surface area (Å²) in [5.41, 5.74) is 2.77. The maximum absolute atomic E-state index is 12.4. The molecule has 1 unspecified atom stereocenters. The van der Waals surface area contributed by atoms with Crippen LogP contribution in [0.5, 0.6) is 0 Å². The van der Waals surface area contributed by atoms with Crippen molar-refractivity contribution in [3.05, 3.63) is 60.1 Å². The van der Waals surface area contributed by atoms with Crippen LogP contribution in [0.15, 0.2) is 48.9 Å². The lowest BCUT2D eigenvalue weighted by atomic mass is 10.0. The van der Waals surface area contributed by atoms with Crippen LogP contribution in [0.2, 0.25) is 0 Å². The summed E-state index contributed by atoms with van der Waals surface area (Å²) in [4.78, 5) is 21.7. The summed E-state index contributed by atoms with van der Waals surface area (Å²) in [6, 6.07) is 7.31. The molecule has 0 aromatic carbocycles. The number of nitrogens with one attached hydrogen (secondary N) is 3. The third-order valence-electron chi connectivity index (χ3n) is 4.91. The zero-order valence-corrected chi connectivity index (χ0v) is 20.6. The van der Waals surface area contributed by atoms with E-state index in [1.807, 2.05) is 64.4 Å². The van der Waals surface area contributed by atoms with Gasteiger partial charge in [0.25, 0.3) is 0 Å². The van der Waals surface area contributed by atoms with Crippen LogP contribution in [0.25, 0.3) is 11.0 Å². The molecule has 0 radical (unpaired) electrons. The Morgan fingerprint density at radius 1 is 1.09 bits per heavy atom. The summed E-state index contributed by atoms with van der Waals surface area (Å²) in [6.45, 7) is 9.71. The highest BCUT2D eigenvalue weighted by atomic mass is 16.6. The van der Waals surface area contributed by atoms with Gasteiger partial charge in [-0.25, -0.2) is 9.78 Å². The van der Waals surface area contributed by atoms with Gasteiger partial charge in [-0.1, -0.05) is 19.9 Å². The first-order valence-corrected chi connectivity index (χ1v) is 11.3. The zero-order valence-electron chi connectivity index (χ0n) is 20.6. The third kappa shape index (κ3) is 7.13. The molecule has 0 fully saturated rings. The fraction of sp³-hybridized carbons (Fsp3) is 0.400. The number of anilines is 2. The molecule has 3 rings (SSSR count). The second-order valence-corrected chi connectivity index (χ2v) is 9.28. The van der Waals surface area contributed by atoms with Gasteiger partial charge in [0.2, 0.25) is 0 Å². The molecule has 34 heavy (non-hydrogen) atoms. The first kappa shape index (κ1) is 24.9. The van der Waals surface area contributed by atoms with Crippen molar-refractivity contribution in [1.29, 1.82) is 0 Å². The van der Waals surface area contributed by atoms with Gasteiger partial charge in [0, 0.05) is 13.2 Å². The molecule has 3 aromatic heterocycles. The number of hydrogen-bond donors (Lipinski definition) is 3. The lowest BCUT2D eigenvalue weighted by molar-refractivity contribution is 0.0504. The fourth-order valence-corrected chi connectivity index (χ4v) is 3.22. The molecule has 1 amide bonds. The van der Waals surface area contributed by atoms with Crippen LogP contribution >= 0.6 is 0 Å². The summed E-state index contributed by atoms with van der Waals surface area (Å²) < 4.78 is 5.45. The molecule has 9 heteroatoms. The van der Waals surface area contributed by atoms with Crippen molar-refractivity contribution >= 4 is 28.8 Å². The van der Waals surface area contributed by atoms with E-state index in [0.29, 0.717) is 29.5 Å². The minimum absolute atomic E-state index is 0.330. The van der Waals surface area contributed by atoms with E-state index in [0.717, 1.165) is 16.6 Å². The van der Waals surface area contributed by atoms with Crippen molar-refractivity contribution in [3.8, 4) is 0 Å². The number of fused-ring (bicyclic) bond motifs is 1. The Labute approximate surface area is 200 Å². The summed E-state index contributed by atoms with van der Waals surface area (Å²) in [7, 11) is 1.82. The number of nitrogens with zero attached hydrogens (tertiary/aromatic N) is 4. The topological polar surface area (TPSA) is 114 Å². The number of rotatable bonds is 8. The van der Waals surface area contributed by atoms with Crippen molar-refractivity contribution in [2.45, 2.75) is 58.6 Å². The molecule has 9 nitrogen and oxygen atoms in total. The molecule has 0 aliphatic carbocycles. The van der Waals surface area contributed by atoms with E-state index in [-0.39, 0.29) is 6.04 Å². The molecule has 0 aliphatic heterocycles. The van der Waals surface area contributed by atoms with Gasteiger partial charge in [0.15, 0.2) is 5.82 Å². The van der Waals surface area contributed by atoms with E-state index in [4.69, 9.17) is 9.72 Å². The van der Waals surface area contributed by atoms with Crippen LogP contribution in [-0.4, -0.2) is 38.9 Å². The summed E-state index contributed by atoms with van der Waals surface area (Å²) >= 11 is 0. The number of pyridine rings is 2. The first-order valence-electron chi connectivity index (χ1n) is 11.3. The van der Waals surface area contributed by atoms with Crippen molar-refractivity contribution in [2.24, 2.45) is 0 Å². The molecule has 0 saturated heterocycles. The predicted molar refractivity (Wildman–Crippen MR) is 134 cm³/mol. The Balaban J connectivity index is 1.87. The second kappa shape index (κ2) is 10.9. The van der Waals surface area contributed by atoms with Crippen molar-refractivity contribution in [2.75, 3.05) is 12.4 Å². The molecule has 1 atom stereocenters. The van der Waals surface area contributed by atoms with Crippen LogP contribution in [0.4, 0.5) is 16.4 Å². The Morgan fingerprint density at radius 2 is 1.88 bits per heavy atom. The number of carbonyl (C=O) groups is 1. The molecule has 0 spiro atoms. The zero-order chi connectivity index (χ0) is 24.7. The lowest BCUT2D eigenvalue weighted by Crippen LogP contribution is -2.35. The molecule has 0 bridgehead atoms. The number of aromatic nitrogens is 4. The molecule has 180 valence electrons. The van der Waals surface area contributed by atoms with Gasteiger partial charge in [0.1, 0.15) is 11.4 Å². The normalized spacial score (nSPS) is 12.7. The summed E-state index contributed by atoms with van der Waals surface area (Å²) in [6.07, 6.45) is 7.36. The van der Waals surface area contributed by atoms with Crippen LogP contribution < -0.4 is 16.0 Å². The van der Waals surface area contributed by atoms with E-state index in [1.165, 1.54) is 0 Å². The van der Waals surface area contributed by atoms with E-state index >= 15 is 0 Å². The fourth-order valence-electron chi connectivity index (χ4n) is 3.22. The quantitative estimate of drug-likeness (QED) is 0.429. The van der Waals surface area contributed by atoms with Gasteiger partial charge in [-0.05, 0) is 74.7 Å². The number of carbonyl (C=O) groups excluding carboxylic acids is 1. The van der Waals surface area contributed by atoms with Crippen molar-refractivity contribution < 1.29 is 9.53 Å². The maximum atomic E-state index is 12.4. The minimum atomic E-state index is -0.588. The van der Waals surface area contributed by atoms with Crippen LogP contribution in [0, 0.1) is 0 Å². The Morgan fingerprint density at radius 3 is 2.59 bits per heavy atom. The third-order valence-corrected chi connectivity index (χ3v) is 4.91. The summed E-state index contributed by atoms with van der Waals surface area (Å²) in [5, 5.41) is 17.4. The van der Waals surface area contributed by atoms with E-state index in [1.54, 1.807) is 12.4 Å². The molecular formula is C25H33N7O2. The smallest absolute Gasteiger partial charge is 0.408 e. The number of alkyl carbamates (subject to hydrolysis) is 1. The highest BCUT2D eigenvalue weighted by molar-refractivity contribution is 5.77. The van der Waals surface area contributed by atoms with Crippen LogP contribution in [-0.2, 0) is 4.74 Å². The Hall–Kier alpha value is -3.75. The second-order valence-electron chi connectivity index (χ2n) is 9.28. The van der Waals surface area contributed by atoms with Gasteiger partial charge in [-0.3, -0.25) is 4.98 Å². The summed E-state index contributed by atoms with van der Waals surface area (Å²) in [5.74, 6) is 1.61. The predicted octanol–water partition coefficient (Wildman–Crippen LogP) is 4.98. The lowest BCUT2D eigenvalue weighted by Gasteiger charge is -2.23. The number of ether oxygens (including phenoxy) is 1. The van der Waals surface area contributed by atoms with E-state index < -0.39 is 11.7 Å². The average Bonchev–Trinajstić information content (AvgIpc) is 2.77. The molecular weight excluding hydrogens is 430 g/mol. The highest BCUT2D eigenvalue weighted by Gasteiger charge is 2.20. The van der Waals surface area contributed by atoms with Gasteiger partial charge in [0.05, 0.1) is 23.3 Å². The molecule has 3 N–H and O–H groups in total. The van der Waals surface area contributed by atoms with Crippen molar-refractivity contribution in [1.82, 2.24) is 30.8 Å². The first-order chi connectivity index (χ1) is 16.1. The highest BCUT2D eigenvalue weighted by Crippen LogP contribution is 2.24. The van der Waals surface area contributed by atoms with Crippen LogP contribution in [0.1, 0.15) is 64.1 Å². The number of amides is 1. The number of hydrogen-bond acceptors (Lipinski definition) is 8. The Kier molecular flexibility index (Phi) is 7.99. The molecule has 0 saturated carbocycles. The van der Waals surface area contributed by atoms with E-state index in [2.05, 4.69) is 45.0 Å². The SMILES string of the molecule is CN/C=C\CC(NC(=O)OC(C)(C)C)c1cnc2ccc(Nc3cc(C(C)C)cnn3)nc2c1. The monoisotopic (exact) mass is 463 g/mol. The van der Waals surface area contributed by atoms with Gasteiger partial charge in [-0.15, -0.1) is 5.10 Å². The van der Waals surface area contributed by atoms with Gasteiger partial charge >= 0.3 is 6.09 Å². The molecule has 3 aromatic rings. The van der Waals surface area contributed by atoms with E-state index in [9.17, 15) is 4.79 Å². The minimum Gasteiger partial charge on any atom is -0.444 e. The largest absolute Gasteiger partial charge is 0.444 e. The molecule has 0 aliphatic rings. The van der Waals surface area contributed by atoms with Gasteiger partial charge in [-0.2, -0.15) is 5.10 Å². The Bertz CT molecular complexity index is 1160. The van der Waals surface area contributed by atoms with Crippen molar-refractivity contribution in [3.63, 3.8) is 0 Å².